The first kappa shape index (κ1) is 23.8. The molecule has 0 aliphatic carbocycles. The van der Waals surface area contributed by atoms with E-state index in [2.05, 4.69) is 62.9 Å². The van der Waals surface area contributed by atoms with Gasteiger partial charge in [-0.05, 0) is 43.3 Å². The molecule has 1 saturated heterocycles. The molecule has 0 radical (unpaired) electrons. The Kier molecular flexibility index (Phi) is 9.07. The fourth-order valence-electron chi connectivity index (χ4n) is 3.90. The van der Waals surface area contributed by atoms with Crippen LogP contribution in [0.3, 0.4) is 0 Å². The first-order valence-electron chi connectivity index (χ1n) is 11.3. The van der Waals surface area contributed by atoms with Crippen LogP contribution in [-0.2, 0) is 16.1 Å². The molecule has 0 bridgehead atoms. The Labute approximate surface area is 191 Å². The van der Waals surface area contributed by atoms with Gasteiger partial charge >= 0.3 is 0 Å². The second kappa shape index (κ2) is 12.2. The standard InChI is InChI=1S/C25H35N5O2/c1-21(31)26-13-6-14-28(2)20-25(32)27-23-9-11-24(12-10-23)30-17-15-29(16-18-30)19-22-7-4-3-5-8-22/h3-5,7-12H,6,13-20H2,1-2H3,(H,26,31)(H,27,32). The van der Waals surface area contributed by atoms with Gasteiger partial charge in [-0.25, -0.2) is 0 Å². The summed E-state index contributed by atoms with van der Waals surface area (Å²) in [6.45, 7) is 8.31. The minimum absolute atomic E-state index is 0.0251. The largest absolute Gasteiger partial charge is 0.369 e. The van der Waals surface area contributed by atoms with Gasteiger partial charge in [0.25, 0.3) is 0 Å². The molecule has 0 aromatic heterocycles. The van der Waals surface area contributed by atoms with Crippen molar-refractivity contribution in [3.63, 3.8) is 0 Å². The number of rotatable bonds is 10. The maximum absolute atomic E-state index is 12.3. The molecule has 2 aromatic rings. The predicted molar refractivity (Wildman–Crippen MR) is 130 cm³/mol. The van der Waals surface area contributed by atoms with E-state index in [1.54, 1.807) is 0 Å². The molecule has 1 aliphatic rings. The molecule has 7 heteroatoms. The summed E-state index contributed by atoms with van der Waals surface area (Å²) in [7, 11) is 1.91. The number of amides is 2. The summed E-state index contributed by atoms with van der Waals surface area (Å²) in [5.41, 5.74) is 3.37. The van der Waals surface area contributed by atoms with Gasteiger partial charge in [0.15, 0.2) is 0 Å². The zero-order chi connectivity index (χ0) is 22.8. The number of piperazine rings is 1. The van der Waals surface area contributed by atoms with Crippen molar-refractivity contribution < 1.29 is 9.59 Å². The monoisotopic (exact) mass is 437 g/mol. The van der Waals surface area contributed by atoms with Gasteiger partial charge in [0.1, 0.15) is 0 Å². The van der Waals surface area contributed by atoms with E-state index < -0.39 is 0 Å². The molecule has 7 nitrogen and oxygen atoms in total. The number of carbonyl (C=O) groups is 2. The smallest absolute Gasteiger partial charge is 0.238 e. The van der Waals surface area contributed by atoms with Crippen LogP contribution >= 0.6 is 0 Å². The quantitative estimate of drug-likeness (QED) is 0.559. The molecule has 0 spiro atoms. The zero-order valence-corrected chi connectivity index (χ0v) is 19.2. The van der Waals surface area contributed by atoms with Crippen molar-refractivity contribution in [3.05, 3.63) is 60.2 Å². The Bertz CT molecular complexity index is 848. The van der Waals surface area contributed by atoms with Gasteiger partial charge in [0.2, 0.25) is 11.8 Å². The molecule has 172 valence electrons. The Hall–Kier alpha value is -2.90. The van der Waals surface area contributed by atoms with E-state index in [1.165, 1.54) is 18.2 Å². The topological polar surface area (TPSA) is 67.9 Å². The predicted octanol–water partition coefficient (Wildman–Crippen LogP) is 2.41. The summed E-state index contributed by atoms with van der Waals surface area (Å²) in [5.74, 6) is -0.0581. The lowest BCUT2D eigenvalue weighted by atomic mass is 10.2. The van der Waals surface area contributed by atoms with E-state index in [1.807, 2.05) is 24.1 Å². The maximum atomic E-state index is 12.3. The molecule has 0 saturated carbocycles. The van der Waals surface area contributed by atoms with Crippen LogP contribution in [0.25, 0.3) is 0 Å². The van der Waals surface area contributed by atoms with Crippen LogP contribution in [0.2, 0.25) is 0 Å². The van der Waals surface area contributed by atoms with E-state index in [9.17, 15) is 9.59 Å². The molecule has 1 heterocycles. The number of likely N-dealkylation sites (N-methyl/N-ethyl adjacent to an activating group) is 1. The number of nitrogens with one attached hydrogen (secondary N) is 2. The SMILES string of the molecule is CC(=O)NCCCN(C)CC(=O)Nc1ccc(N2CCN(Cc3ccccc3)CC2)cc1. The van der Waals surface area contributed by atoms with Crippen molar-refractivity contribution >= 4 is 23.2 Å². The second-order valence-corrected chi connectivity index (χ2v) is 8.42. The van der Waals surface area contributed by atoms with Crippen molar-refractivity contribution in [1.29, 1.82) is 0 Å². The Morgan fingerprint density at radius 3 is 2.31 bits per heavy atom. The molecule has 3 rings (SSSR count). The molecule has 0 atom stereocenters. The van der Waals surface area contributed by atoms with Gasteiger partial charge in [-0.2, -0.15) is 0 Å². The minimum Gasteiger partial charge on any atom is -0.369 e. The highest BCUT2D eigenvalue weighted by Crippen LogP contribution is 2.20. The van der Waals surface area contributed by atoms with E-state index in [4.69, 9.17) is 0 Å². The van der Waals surface area contributed by atoms with E-state index in [0.29, 0.717) is 13.1 Å². The Morgan fingerprint density at radius 2 is 1.66 bits per heavy atom. The first-order chi connectivity index (χ1) is 15.5. The zero-order valence-electron chi connectivity index (χ0n) is 19.2. The molecule has 0 unspecified atom stereocenters. The number of benzene rings is 2. The number of anilines is 2. The third-order valence-corrected chi connectivity index (χ3v) is 5.64. The number of hydrogen-bond acceptors (Lipinski definition) is 5. The minimum atomic E-state index is -0.0331. The van der Waals surface area contributed by atoms with Gasteiger partial charge in [0, 0.05) is 64.1 Å². The maximum Gasteiger partial charge on any atom is 0.238 e. The van der Waals surface area contributed by atoms with Crippen molar-refractivity contribution in [2.45, 2.75) is 19.9 Å². The number of carbonyl (C=O) groups excluding carboxylic acids is 2. The van der Waals surface area contributed by atoms with Crippen LogP contribution in [0.5, 0.6) is 0 Å². The molecule has 1 aliphatic heterocycles. The average Bonchev–Trinajstić information content (AvgIpc) is 2.78. The van der Waals surface area contributed by atoms with Crippen molar-refractivity contribution in [3.8, 4) is 0 Å². The third-order valence-electron chi connectivity index (χ3n) is 5.64. The molecule has 2 N–H and O–H groups in total. The van der Waals surface area contributed by atoms with E-state index in [0.717, 1.165) is 51.4 Å². The molecular weight excluding hydrogens is 402 g/mol. The third kappa shape index (κ3) is 7.98. The normalized spacial score (nSPS) is 14.4. The molecule has 2 aromatic carbocycles. The van der Waals surface area contributed by atoms with E-state index in [-0.39, 0.29) is 11.8 Å². The highest BCUT2D eigenvalue weighted by molar-refractivity contribution is 5.92. The summed E-state index contributed by atoms with van der Waals surface area (Å²) in [6.07, 6.45) is 0.816. The van der Waals surface area contributed by atoms with E-state index >= 15 is 0 Å². The van der Waals surface area contributed by atoms with Gasteiger partial charge in [-0.1, -0.05) is 30.3 Å². The number of nitrogens with zero attached hydrogens (tertiary/aromatic N) is 3. The van der Waals surface area contributed by atoms with Crippen molar-refractivity contribution in [2.75, 3.05) is 63.1 Å². The molecule has 32 heavy (non-hydrogen) atoms. The van der Waals surface area contributed by atoms with Crippen molar-refractivity contribution in [1.82, 2.24) is 15.1 Å². The summed E-state index contributed by atoms with van der Waals surface area (Å²) >= 11 is 0. The van der Waals surface area contributed by atoms with Crippen LogP contribution < -0.4 is 15.5 Å². The first-order valence-corrected chi connectivity index (χ1v) is 11.3. The fourth-order valence-corrected chi connectivity index (χ4v) is 3.90. The van der Waals surface area contributed by atoms with Crippen LogP contribution in [0.4, 0.5) is 11.4 Å². The highest BCUT2D eigenvalue weighted by atomic mass is 16.2. The van der Waals surface area contributed by atoms with Gasteiger partial charge in [-0.3, -0.25) is 19.4 Å². The Morgan fingerprint density at radius 1 is 0.969 bits per heavy atom. The molecule has 1 fully saturated rings. The summed E-state index contributed by atoms with van der Waals surface area (Å²) in [6, 6.07) is 18.7. The fraction of sp³-hybridized carbons (Fsp3) is 0.440. The summed E-state index contributed by atoms with van der Waals surface area (Å²) < 4.78 is 0. The van der Waals surface area contributed by atoms with Crippen LogP contribution in [-0.4, -0.2) is 74.5 Å². The lowest BCUT2D eigenvalue weighted by molar-refractivity contribution is -0.119. The highest BCUT2D eigenvalue weighted by Gasteiger charge is 2.17. The number of hydrogen-bond donors (Lipinski definition) is 2. The van der Waals surface area contributed by atoms with Gasteiger partial charge < -0.3 is 15.5 Å². The van der Waals surface area contributed by atoms with Crippen LogP contribution in [0.15, 0.2) is 54.6 Å². The van der Waals surface area contributed by atoms with Gasteiger partial charge in [-0.15, -0.1) is 0 Å². The lowest BCUT2D eigenvalue weighted by Crippen LogP contribution is -2.45. The summed E-state index contributed by atoms with van der Waals surface area (Å²) in [4.78, 5) is 30.0. The molecule has 2 amide bonds. The van der Waals surface area contributed by atoms with Gasteiger partial charge in [0.05, 0.1) is 6.54 Å². The van der Waals surface area contributed by atoms with Crippen molar-refractivity contribution in [2.24, 2.45) is 0 Å². The molecular formula is C25H35N5O2. The second-order valence-electron chi connectivity index (χ2n) is 8.42. The van der Waals surface area contributed by atoms with Crippen LogP contribution in [0.1, 0.15) is 18.9 Å². The Balaban J connectivity index is 1.38. The summed E-state index contributed by atoms with van der Waals surface area (Å²) in [5, 5.41) is 5.74. The van der Waals surface area contributed by atoms with Crippen LogP contribution in [0, 0.1) is 0 Å². The average molecular weight is 438 g/mol. The lowest BCUT2D eigenvalue weighted by Gasteiger charge is -2.36.